The lowest BCUT2D eigenvalue weighted by Gasteiger charge is -2.06. The van der Waals surface area contributed by atoms with Gasteiger partial charge in [0, 0.05) is 10.6 Å². The molecule has 0 aliphatic rings. The molecular formula is C14H10ClNO. The van der Waals surface area contributed by atoms with E-state index in [-0.39, 0.29) is 5.75 Å². The summed E-state index contributed by atoms with van der Waals surface area (Å²) in [7, 11) is 0. The van der Waals surface area contributed by atoms with Gasteiger partial charge in [-0.25, -0.2) is 0 Å². The van der Waals surface area contributed by atoms with Gasteiger partial charge in [0.25, 0.3) is 0 Å². The topological polar surface area (TPSA) is 44.0 Å². The van der Waals surface area contributed by atoms with Gasteiger partial charge in [0.2, 0.25) is 0 Å². The highest BCUT2D eigenvalue weighted by atomic mass is 35.5. The van der Waals surface area contributed by atoms with E-state index in [9.17, 15) is 5.11 Å². The molecule has 2 aromatic rings. The number of phenolic OH excluding ortho intramolecular Hbond substituents is 1. The highest BCUT2D eigenvalue weighted by Crippen LogP contribution is 2.31. The molecule has 0 fully saturated rings. The first-order chi connectivity index (χ1) is 8.10. The summed E-state index contributed by atoms with van der Waals surface area (Å²) >= 11 is 6.15. The Morgan fingerprint density at radius 1 is 1.18 bits per heavy atom. The zero-order chi connectivity index (χ0) is 12.4. The normalized spacial score (nSPS) is 9.94. The number of nitrogens with zero attached hydrogens (tertiary/aromatic N) is 1. The second kappa shape index (κ2) is 4.48. The summed E-state index contributed by atoms with van der Waals surface area (Å²) < 4.78 is 0. The summed E-state index contributed by atoms with van der Waals surface area (Å²) in [6, 6.07) is 12.4. The van der Waals surface area contributed by atoms with E-state index in [1.54, 1.807) is 12.1 Å². The monoisotopic (exact) mass is 243 g/mol. The molecule has 84 valence electrons. The zero-order valence-electron chi connectivity index (χ0n) is 9.24. The molecule has 0 aliphatic carbocycles. The Bertz CT molecular complexity index is 614. The minimum absolute atomic E-state index is 0.0655. The van der Waals surface area contributed by atoms with E-state index in [0.717, 1.165) is 16.7 Å². The van der Waals surface area contributed by atoms with Gasteiger partial charge in [-0.2, -0.15) is 5.26 Å². The van der Waals surface area contributed by atoms with E-state index < -0.39 is 0 Å². The van der Waals surface area contributed by atoms with Crippen molar-refractivity contribution < 1.29 is 5.11 Å². The lowest BCUT2D eigenvalue weighted by molar-refractivity contribution is 0.475. The lowest BCUT2D eigenvalue weighted by Crippen LogP contribution is -1.83. The lowest BCUT2D eigenvalue weighted by atomic mass is 10.0. The molecule has 3 heteroatoms. The zero-order valence-corrected chi connectivity index (χ0v) is 9.99. The Morgan fingerprint density at radius 3 is 2.59 bits per heavy atom. The summed E-state index contributed by atoms with van der Waals surface area (Å²) in [5, 5.41) is 19.0. The number of halogens is 1. The first kappa shape index (κ1) is 11.5. The Morgan fingerprint density at radius 2 is 1.94 bits per heavy atom. The molecule has 0 atom stereocenters. The van der Waals surface area contributed by atoms with Gasteiger partial charge in [-0.3, -0.25) is 0 Å². The minimum Gasteiger partial charge on any atom is -0.508 e. The fourth-order valence-corrected chi connectivity index (χ4v) is 2.03. The summed E-state index contributed by atoms with van der Waals surface area (Å²) in [4.78, 5) is 0. The highest BCUT2D eigenvalue weighted by molar-refractivity contribution is 6.33. The van der Waals surface area contributed by atoms with Crippen LogP contribution in [0.2, 0.25) is 5.02 Å². The van der Waals surface area contributed by atoms with Gasteiger partial charge in [0.05, 0.1) is 11.6 Å². The van der Waals surface area contributed by atoms with Gasteiger partial charge in [0.15, 0.2) is 0 Å². The van der Waals surface area contributed by atoms with Crippen molar-refractivity contribution in [3.8, 4) is 22.9 Å². The summed E-state index contributed by atoms with van der Waals surface area (Å²) in [6.45, 7) is 1.96. The molecule has 0 aliphatic heterocycles. The average molecular weight is 244 g/mol. The van der Waals surface area contributed by atoms with Gasteiger partial charge in [-0.15, -0.1) is 0 Å². The van der Waals surface area contributed by atoms with Crippen molar-refractivity contribution in [3.63, 3.8) is 0 Å². The second-order valence-corrected chi connectivity index (χ2v) is 4.27. The standard InChI is InChI=1S/C14H10ClNO/c1-9-2-3-13(14(15)4-9)11-5-10(8-16)6-12(17)7-11/h2-7,17H,1H3. The SMILES string of the molecule is Cc1ccc(-c2cc(O)cc(C#N)c2)c(Cl)c1. The van der Waals surface area contributed by atoms with Crippen LogP contribution < -0.4 is 0 Å². The van der Waals surface area contributed by atoms with Crippen LogP contribution in [0.15, 0.2) is 36.4 Å². The van der Waals surface area contributed by atoms with Crippen LogP contribution in [-0.2, 0) is 0 Å². The molecule has 0 saturated heterocycles. The predicted octanol–water partition coefficient (Wildman–Crippen LogP) is 3.89. The number of aromatic hydroxyl groups is 1. The fraction of sp³-hybridized carbons (Fsp3) is 0.0714. The predicted molar refractivity (Wildman–Crippen MR) is 68.0 cm³/mol. The third-order valence-corrected chi connectivity index (χ3v) is 2.80. The Balaban J connectivity index is 2.61. The second-order valence-electron chi connectivity index (χ2n) is 3.86. The fourth-order valence-electron chi connectivity index (χ4n) is 1.69. The van der Waals surface area contributed by atoms with Crippen molar-refractivity contribution in [1.82, 2.24) is 0 Å². The molecule has 0 saturated carbocycles. The molecule has 0 unspecified atom stereocenters. The number of benzene rings is 2. The minimum atomic E-state index is 0.0655. The molecule has 2 aromatic carbocycles. The number of aryl methyl sites for hydroxylation is 1. The van der Waals surface area contributed by atoms with E-state index in [4.69, 9.17) is 16.9 Å². The third kappa shape index (κ3) is 2.41. The quantitative estimate of drug-likeness (QED) is 0.826. The number of nitriles is 1. The van der Waals surface area contributed by atoms with Crippen LogP contribution >= 0.6 is 11.6 Å². The number of hydrogen-bond donors (Lipinski definition) is 1. The molecule has 1 N–H and O–H groups in total. The van der Waals surface area contributed by atoms with Crippen molar-refractivity contribution in [3.05, 3.63) is 52.5 Å². The molecule has 0 aromatic heterocycles. The van der Waals surface area contributed by atoms with Gasteiger partial charge < -0.3 is 5.11 Å². The van der Waals surface area contributed by atoms with Crippen LogP contribution in [0.4, 0.5) is 0 Å². The largest absolute Gasteiger partial charge is 0.508 e. The molecule has 0 radical (unpaired) electrons. The third-order valence-electron chi connectivity index (χ3n) is 2.48. The van der Waals surface area contributed by atoms with E-state index in [1.807, 2.05) is 31.2 Å². The highest BCUT2D eigenvalue weighted by Gasteiger charge is 2.06. The molecule has 2 nitrogen and oxygen atoms in total. The van der Waals surface area contributed by atoms with Gasteiger partial charge in [0.1, 0.15) is 5.75 Å². The maximum absolute atomic E-state index is 9.54. The van der Waals surface area contributed by atoms with Crippen LogP contribution in [0, 0.1) is 18.3 Å². The maximum atomic E-state index is 9.54. The van der Waals surface area contributed by atoms with Crippen molar-refractivity contribution in [1.29, 1.82) is 5.26 Å². The smallest absolute Gasteiger partial charge is 0.117 e. The first-order valence-corrected chi connectivity index (χ1v) is 5.48. The Labute approximate surface area is 105 Å². The van der Waals surface area contributed by atoms with E-state index in [0.29, 0.717) is 10.6 Å². The van der Waals surface area contributed by atoms with Crippen LogP contribution in [0.25, 0.3) is 11.1 Å². The van der Waals surface area contributed by atoms with E-state index in [1.165, 1.54) is 6.07 Å². The molecule has 0 bridgehead atoms. The van der Waals surface area contributed by atoms with Gasteiger partial charge in [-0.05, 0) is 42.3 Å². The van der Waals surface area contributed by atoms with Crippen molar-refractivity contribution in [2.45, 2.75) is 6.92 Å². The number of phenols is 1. The van der Waals surface area contributed by atoms with Gasteiger partial charge in [-0.1, -0.05) is 23.7 Å². The Hall–Kier alpha value is -1.98. The molecule has 17 heavy (non-hydrogen) atoms. The van der Waals surface area contributed by atoms with Crippen LogP contribution in [-0.4, -0.2) is 5.11 Å². The van der Waals surface area contributed by atoms with E-state index >= 15 is 0 Å². The van der Waals surface area contributed by atoms with Crippen LogP contribution in [0.1, 0.15) is 11.1 Å². The van der Waals surface area contributed by atoms with Crippen molar-refractivity contribution >= 4 is 11.6 Å². The van der Waals surface area contributed by atoms with E-state index in [2.05, 4.69) is 0 Å². The number of rotatable bonds is 1. The Kier molecular flexibility index (Phi) is 3.03. The first-order valence-electron chi connectivity index (χ1n) is 5.11. The summed E-state index contributed by atoms with van der Waals surface area (Å²) in [5.74, 6) is 0.0655. The number of hydrogen-bond acceptors (Lipinski definition) is 2. The molecule has 0 spiro atoms. The van der Waals surface area contributed by atoms with Crippen LogP contribution in [0.3, 0.4) is 0 Å². The summed E-state index contributed by atoms with van der Waals surface area (Å²) in [5.41, 5.74) is 3.03. The van der Waals surface area contributed by atoms with Crippen molar-refractivity contribution in [2.75, 3.05) is 0 Å². The molecular weight excluding hydrogens is 234 g/mol. The van der Waals surface area contributed by atoms with Crippen molar-refractivity contribution in [2.24, 2.45) is 0 Å². The molecule has 0 amide bonds. The molecule has 2 rings (SSSR count). The average Bonchev–Trinajstić information content (AvgIpc) is 2.28. The molecule has 0 heterocycles. The summed E-state index contributed by atoms with van der Waals surface area (Å²) in [6.07, 6.45) is 0. The van der Waals surface area contributed by atoms with Crippen LogP contribution in [0.5, 0.6) is 5.75 Å². The maximum Gasteiger partial charge on any atom is 0.117 e. The van der Waals surface area contributed by atoms with Gasteiger partial charge >= 0.3 is 0 Å².